The van der Waals surface area contributed by atoms with Gasteiger partial charge in [0.15, 0.2) is 0 Å². The van der Waals surface area contributed by atoms with Gasteiger partial charge in [0, 0.05) is 6.54 Å². The van der Waals surface area contributed by atoms with Crippen LogP contribution < -0.4 is 0 Å². The topological polar surface area (TPSA) is 68.5 Å². The Morgan fingerprint density at radius 3 is 3.00 bits per heavy atom. The Kier molecular flexibility index (Phi) is 3.73. The zero-order chi connectivity index (χ0) is 12.3. The van der Waals surface area contributed by atoms with Gasteiger partial charge in [-0.25, -0.2) is 4.63 Å². The Labute approximate surface area is 99.9 Å². The van der Waals surface area contributed by atoms with Gasteiger partial charge in [-0.2, -0.15) is 0 Å². The van der Waals surface area contributed by atoms with Crippen molar-refractivity contribution in [2.24, 2.45) is 0 Å². The van der Waals surface area contributed by atoms with Crippen molar-refractivity contribution >= 4 is 5.97 Å². The molecule has 6 nitrogen and oxygen atoms in total. The molecular weight excluding hydrogens is 222 g/mol. The Hall–Kier alpha value is -1.43. The minimum atomic E-state index is -0.168. The first kappa shape index (κ1) is 12.0. The van der Waals surface area contributed by atoms with E-state index < -0.39 is 0 Å². The number of nitrogens with zero attached hydrogens (tertiary/aromatic N) is 3. The van der Waals surface area contributed by atoms with Gasteiger partial charge in [-0.3, -0.25) is 9.69 Å². The molecule has 2 rings (SSSR count). The first-order chi connectivity index (χ1) is 8.22. The fourth-order valence-electron chi connectivity index (χ4n) is 2.17. The van der Waals surface area contributed by atoms with Crippen molar-refractivity contribution in [3.05, 3.63) is 11.4 Å². The molecule has 0 amide bonds. The average molecular weight is 239 g/mol. The number of piperidine rings is 1. The Bertz CT molecular complexity index is 391. The molecule has 1 aromatic heterocycles. The fourth-order valence-corrected chi connectivity index (χ4v) is 2.17. The van der Waals surface area contributed by atoms with Crippen molar-refractivity contribution in [3.8, 4) is 0 Å². The third-order valence-electron chi connectivity index (χ3n) is 3.19. The van der Waals surface area contributed by atoms with Crippen molar-refractivity contribution < 1.29 is 14.2 Å². The van der Waals surface area contributed by atoms with Gasteiger partial charge in [0.2, 0.25) is 0 Å². The summed E-state index contributed by atoms with van der Waals surface area (Å²) in [7, 11) is 1.43. The number of aromatic nitrogens is 2. The maximum Gasteiger partial charge on any atom is 0.323 e. The van der Waals surface area contributed by atoms with E-state index in [1.54, 1.807) is 0 Å². The van der Waals surface area contributed by atoms with E-state index in [4.69, 9.17) is 4.74 Å². The molecule has 0 aromatic carbocycles. The van der Waals surface area contributed by atoms with Crippen molar-refractivity contribution in [1.82, 2.24) is 15.2 Å². The van der Waals surface area contributed by atoms with E-state index >= 15 is 0 Å². The third-order valence-corrected chi connectivity index (χ3v) is 3.19. The number of rotatable bonds is 3. The van der Waals surface area contributed by atoms with E-state index in [1.165, 1.54) is 7.11 Å². The first-order valence-electron chi connectivity index (χ1n) is 5.82. The van der Waals surface area contributed by atoms with E-state index in [2.05, 4.69) is 19.8 Å². The van der Waals surface area contributed by atoms with Crippen LogP contribution in [-0.4, -0.2) is 40.9 Å². The van der Waals surface area contributed by atoms with E-state index in [9.17, 15) is 4.79 Å². The lowest BCUT2D eigenvalue weighted by atomic mass is 10.0. The van der Waals surface area contributed by atoms with Crippen molar-refractivity contribution in [2.45, 2.75) is 38.8 Å². The fraction of sp³-hybridized carbons (Fsp3) is 0.727. The van der Waals surface area contributed by atoms with Gasteiger partial charge in [0.05, 0.1) is 7.11 Å². The summed E-state index contributed by atoms with van der Waals surface area (Å²) in [5.41, 5.74) is 1.57. The largest absolute Gasteiger partial charge is 0.468 e. The minimum Gasteiger partial charge on any atom is -0.468 e. The van der Waals surface area contributed by atoms with Gasteiger partial charge < -0.3 is 4.74 Å². The second kappa shape index (κ2) is 5.27. The normalized spacial score (nSPS) is 21.4. The molecule has 1 aliphatic heterocycles. The summed E-state index contributed by atoms with van der Waals surface area (Å²) in [6.45, 7) is 3.32. The predicted molar refractivity (Wildman–Crippen MR) is 59.1 cm³/mol. The Balaban J connectivity index is 2.06. The van der Waals surface area contributed by atoms with Gasteiger partial charge >= 0.3 is 5.97 Å². The summed E-state index contributed by atoms with van der Waals surface area (Å²) >= 11 is 0. The molecule has 2 heterocycles. The number of esters is 1. The molecule has 1 saturated heterocycles. The SMILES string of the molecule is COC(=O)[C@H]1CCCCN1Cc1nonc1C. The summed E-state index contributed by atoms with van der Waals surface area (Å²) < 4.78 is 9.50. The van der Waals surface area contributed by atoms with Gasteiger partial charge in [0.1, 0.15) is 17.4 Å². The molecule has 17 heavy (non-hydrogen) atoms. The summed E-state index contributed by atoms with van der Waals surface area (Å²) in [4.78, 5) is 13.8. The smallest absolute Gasteiger partial charge is 0.323 e. The molecule has 0 aliphatic carbocycles. The highest BCUT2D eigenvalue weighted by Crippen LogP contribution is 2.20. The number of hydrogen-bond donors (Lipinski definition) is 0. The van der Waals surface area contributed by atoms with Crippen molar-refractivity contribution in [1.29, 1.82) is 0 Å². The maximum absolute atomic E-state index is 11.7. The Morgan fingerprint density at radius 2 is 2.35 bits per heavy atom. The van der Waals surface area contributed by atoms with Crippen LogP contribution in [-0.2, 0) is 16.1 Å². The van der Waals surface area contributed by atoms with Crippen molar-refractivity contribution in [2.75, 3.05) is 13.7 Å². The third kappa shape index (κ3) is 2.63. The number of likely N-dealkylation sites (tertiary alicyclic amines) is 1. The zero-order valence-corrected chi connectivity index (χ0v) is 10.2. The van der Waals surface area contributed by atoms with E-state index in [0.717, 1.165) is 37.2 Å². The Morgan fingerprint density at radius 1 is 1.53 bits per heavy atom. The molecule has 1 aliphatic rings. The van der Waals surface area contributed by atoms with Crippen LogP contribution in [0.4, 0.5) is 0 Å². The molecule has 0 unspecified atom stereocenters. The molecule has 0 bridgehead atoms. The van der Waals surface area contributed by atoms with E-state index in [-0.39, 0.29) is 12.0 Å². The second-order valence-electron chi connectivity index (χ2n) is 4.30. The number of carbonyl (C=O) groups excluding carboxylic acids is 1. The number of carbonyl (C=O) groups is 1. The monoisotopic (exact) mass is 239 g/mol. The van der Waals surface area contributed by atoms with Crippen LogP contribution in [0.2, 0.25) is 0 Å². The summed E-state index contributed by atoms with van der Waals surface area (Å²) in [5.74, 6) is -0.168. The lowest BCUT2D eigenvalue weighted by Crippen LogP contribution is -2.44. The number of methoxy groups -OCH3 is 1. The number of ether oxygens (including phenoxy) is 1. The number of aryl methyl sites for hydroxylation is 1. The number of hydrogen-bond acceptors (Lipinski definition) is 6. The maximum atomic E-state index is 11.7. The van der Waals surface area contributed by atoms with Gasteiger partial charge in [-0.05, 0) is 26.3 Å². The highest BCUT2D eigenvalue weighted by Gasteiger charge is 2.30. The molecule has 0 saturated carbocycles. The molecule has 1 aromatic rings. The molecule has 1 atom stereocenters. The highest BCUT2D eigenvalue weighted by molar-refractivity contribution is 5.75. The second-order valence-corrected chi connectivity index (χ2v) is 4.30. The van der Waals surface area contributed by atoms with Crippen LogP contribution in [0.5, 0.6) is 0 Å². The summed E-state index contributed by atoms with van der Waals surface area (Å²) in [6, 6.07) is -0.162. The minimum absolute atomic E-state index is 0.162. The van der Waals surface area contributed by atoms with Gasteiger partial charge in [-0.15, -0.1) is 0 Å². The standard InChI is InChI=1S/C11H17N3O3/c1-8-9(13-17-12-8)7-14-6-4-3-5-10(14)11(15)16-2/h10H,3-7H2,1-2H3/t10-/m1/s1. The summed E-state index contributed by atoms with van der Waals surface area (Å²) in [5, 5.41) is 7.59. The van der Waals surface area contributed by atoms with Gasteiger partial charge in [0.25, 0.3) is 0 Å². The lowest BCUT2D eigenvalue weighted by molar-refractivity contribution is -0.148. The zero-order valence-electron chi connectivity index (χ0n) is 10.2. The molecular formula is C11H17N3O3. The lowest BCUT2D eigenvalue weighted by Gasteiger charge is -2.32. The van der Waals surface area contributed by atoms with E-state index in [0.29, 0.717) is 6.54 Å². The van der Waals surface area contributed by atoms with Crippen LogP contribution in [0.25, 0.3) is 0 Å². The highest BCUT2D eigenvalue weighted by atomic mass is 16.6. The van der Waals surface area contributed by atoms with Crippen LogP contribution in [0, 0.1) is 6.92 Å². The molecule has 0 N–H and O–H groups in total. The first-order valence-corrected chi connectivity index (χ1v) is 5.82. The quantitative estimate of drug-likeness (QED) is 0.730. The van der Waals surface area contributed by atoms with Crippen LogP contribution in [0.1, 0.15) is 30.7 Å². The summed E-state index contributed by atoms with van der Waals surface area (Å²) in [6.07, 6.45) is 3.00. The van der Waals surface area contributed by atoms with Crippen LogP contribution >= 0.6 is 0 Å². The molecule has 0 spiro atoms. The molecule has 94 valence electrons. The van der Waals surface area contributed by atoms with Crippen molar-refractivity contribution in [3.63, 3.8) is 0 Å². The predicted octanol–water partition coefficient (Wildman–Crippen LogP) is 0.906. The van der Waals surface area contributed by atoms with Crippen LogP contribution in [0.15, 0.2) is 4.63 Å². The van der Waals surface area contributed by atoms with Gasteiger partial charge in [-0.1, -0.05) is 16.7 Å². The van der Waals surface area contributed by atoms with Crippen LogP contribution in [0.3, 0.4) is 0 Å². The average Bonchev–Trinajstić information content (AvgIpc) is 2.75. The molecule has 0 radical (unpaired) electrons. The molecule has 6 heteroatoms. The van der Waals surface area contributed by atoms with E-state index in [1.807, 2.05) is 6.92 Å². The molecule has 1 fully saturated rings.